The molecule has 0 aromatic heterocycles. The van der Waals surface area contributed by atoms with Gasteiger partial charge in [0.05, 0.1) is 4.91 Å². The largest absolute Gasteiger partial charge is 0.488 e. The molecule has 9 heteroatoms. The summed E-state index contributed by atoms with van der Waals surface area (Å²) in [7, 11) is 0. The molecule has 1 N–H and O–H groups in total. The summed E-state index contributed by atoms with van der Waals surface area (Å²) in [6, 6.07) is 18.5. The first-order valence-electron chi connectivity index (χ1n) is 11.0. The maximum Gasteiger partial charge on any atom is 0.294 e. The van der Waals surface area contributed by atoms with Crippen LogP contribution in [0.4, 0.5) is 10.5 Å². The highest BCUT2D eigenvalue weighted by Crippen LogP contribution is 2.35. The Labute approximate surface area is 226 Å². The van der Waals surface area contributed by atoms with Crippen LogP contribution in [0.1, 0.15) is 22.3 Å². The van der Waals surface area contributed by atoms with Crippen molar-refractivity contribution >= 4 is 68.1 Å². The molecule has 36 heavy (non-hydrogen) atoms. The number of carbonyl (C=O) groups is 3. The van der Waals surface area contributed by atoms with Crippen LogP contribution < -0.4 is 10.1 Å². The highest BCUT2D eigenvalue weighted by Gasteiger charge is 2.36. The van der Waals surface area contributed by atoms with Crippen molar-refractivity contribution in [2.75, 3.05) is 11.9 Å². The van der Waals surface area contributed by atoms with Gasteiger partial charge < -0.3 is 10.1 Å². The summed E-state index contributed by atoms with van der Waals surface area (Å²) in [5.41, 5.74) is 3.97. The van der Waals surface area contributed by atoms with Crippen molar-refractivity contribution in [2.24, 2.45) is 0 Å². The van der Waals surface area contributed by atoms with E-state index >= 15 is 0 Å². The molecule has 1 heterocycles. The molecule has 0 saturated carbocycles. The third kappa shape index (κ3) is 6.19. The predicted octanol–water partition coefficient (Wildman–Crippen LogP) is 6.97. The number of nitrogens with zero attached hydrogens (tertiary/aromatic N) is 1. The summed E-state index contributed by atoms with van der Waals surface area (Å²) in [5, 5.41) is 2.88. The molecule has 184 valence electrons. The second-order valence-electron chi connectivity index (χ2n) is 8.20. The van der Waals surface area contributed by atoms with E-state index in [-0.39, 0.29) is 18.1 Å². The molecule has 0 bridgehead atoms. The molecule has 0 radical (unpaired) electrons. The Morgan fingerprint density at radius 3 is 2.67 bits per heavy atom. The predicted molar refractivity (Wildman–Crippen MR) is 147 cm³/mol. The highest BCUT2D eigenvalue weighted by molar-refractivity contribution is 9.10. The zero-order valence-corrected chi connectivity index (χ0v) is 22.7. The zero-order valence-electron chi connectivity index (χ0n) is 19.5. The number of anilines is 1. The summed E-state index contributed by atoms with van der Waals surface area (Å²) >= 11 is 10.5. The van der Waals surface area contributed by atoms with E-state index in [2.05, 4.69) is 21.2 Å². The van der Waals surface area contributed by atoms with Crippen LogP contribution in [0.5, 0.6) is 5.75 Å². The summed E-state index contributed by atoms with van der Waals surface area (Å²) in [4.78, 5) is 39.4. The normalized spacial score (nSPS) is 14.4. The van der Waals surface area contributed by atoms with Crippen molar-refractivity contribution in [3.05, 3.63) is 97.3 Å². The maximum absolute atomic E-state index is 13.0. The van der Waals surface area contributed by atoms with Crippen molar-refractivity contribution in [3.63, 3.8) is 0 Å². The number of carbonyl (C=O) groups excluding carboxylic acids is 3. The molecule has 3 aromatic carbocycles. The summed E-state index contributed by atoms with van der Waals surface area (Å²) in [6.07, 6.45) is 1.60. The summed E-state index contributed by atoms with van der Waals surface area (Å²) < 4.78 is 6.76. The lowest BCUT2D eigenvalue weighted by Gasteiger charge is -2.14. The van der Waals surface area contributed by atoms with Crippen molar-refractivity contribution in [1.82, 2.24) is 4.90 Å². The topological polar surface area (TPSA) is 75.7 Å². The van der Waals surface area contributed by atoms with Crippen LogP contribution in [0.25, 0.3) is 6.08 Å². The van der Waals surface area contributed by atoms with Gasteiger partial charge in [0.2, 0.25) is 5.91 Å². The quantitative estimate of drug-likeness (QED) is 0.303. The fourth-order valence-electron chi connectivity index (χ4n) is 3.52. The van der Waals surface area contributed by atoms with Gasteiger partial charge in [-0.2, -0.15) is 0 Å². The van der Waals surface area contributed by atoms with Gasteiger partial charge in [0.25, 0.3) is 11.1 Å². The number of thioether (sulfide) groups is 1. The Hall–Kier alpha value is -3.07. The van der Waals surface area contributed by atoms with E-state index in [0.717, 1.165) is 37.8 Å². The second kappa shape index (κ2) is 11.3. The molecule has 1 fully saturated rings. The number of nitrogens with one attached hydrogen (secondary N) is 1. The Balaban J connectivity index is 1.50. The van der Waals surface area contributed by atoms with Crippen molar-refractivity contribution < 1.29 is 19.1 Å². The number of amides is 3. The van der Waals surface area contributed by atoms with Crippen LogP contribution in [0.15, 0.2) is 70.0 Å². The molecule has 3 aromatic rings. The molecule has 3 amide bonds. The van der Waals surface area contributed by atoms with E-state index in [0.29, 0.717) is 22.0 Å². The van der Waals surface area contributed by atoms with Gasteiger partial charge in [-0.25, -0.2) is 0 Å². The summed E-state index contributed by atoms with van der Waals surface area (Å²) in [5.74, 6) is -0.450. The van der Waals surface area contributed by atoms with Crippen LogP contribution >= 0.6 is 39.3 Å². The number of hydrogen-bond acceptors (Lipinski definition) is 5. The van der Waals surface area contributed by atoms with Crippen LogP contribution in [-0.2, 0) is 16.2 Å². The van der Waals surface area contributed by atoms with Gasteiger partial charge in [-0.15, -0.1) is 0 Å². The molecule has 1 aliphatic heterocycles. The van der Waals surface area contributed by atoms with Gasteiger partial charge in [-0.3, -0.25) is 19.3 Å². The monoisotopic (exact) mass is 584 g/mol. The Kier molecular flexibility index (Phi) is 8.18. The van der Waals surface area contributed by atoms with E-state index in [4.69, 9.17) is 16.3 Å². The lowest BCUT2D eigenvalue weighted by atomic mass is 10.1. The van der Waals surface area contributed by atoms with Crippen molar-refractivity contribution in [3.8, 4) is 5.75 Å². The summed E-state index contributed by atoms with van der Waals surface area (Å²) in [6.45, 7) is 3.66. The number of aryl methyl sites for hydroxylation is 2. The molecule has 1 saturated heterocycles. The first kappa shape index (κ1) is 26.0. The average molecular weight is 586 g/mol. The zero-order chi connectivity index (χ0) is 25.8. The smallest absolute Gasteiger partial charge is 0.294 e. The molecule has 1 aliphatic rings. The van der Waals surface area contributed by atoms with Gasteiger partial charge in [0.15, 0.2) is 0 Å². The van der Waals surface area contributed by atoms with Gasteiger partial charge in [0, 0.05) is 26.3 Å². The second-order valence-corrected chi connectivity index (χ2v) is 10.5. The van der Waals surface area contributed by atoms with E-state index in [1.165, 1.54) is 0 Å². The lowest BCUT2D eigenvalue weighted by Crippen LogP contribution is -2.36. The van der Waals surface area contributed by atoms with Crippen molar-refractivity contribution in [1.29, 1.82) is 0 Å². The minimum atomic E-state index is -0.529. The Bertz CT molecular complexity index is 1390. The maximum atomic E-state index is 13.0. The molecule has 4 rings (SSSR count). The van der Waals surface area contributed by atoms with E-state index in [1.54, 1.807) is 24.3 Å². The Morgan fingerprint density at radius 2 is 1.89 bits per heavy atom. The van der Waals surface area contributed by atoms with Gasteiger partial charge in [-0.05, 0) is 73.1 Å². The molecule has 0 aliphatic carbocycles. The molecule has 0 unspecified atom stereocenters. The number of hydrogen-bond donors (Lipinski definition) is 1. The van der Waals surface area contributed by atoms with Crippen LogP contribution in [0.3, 0.4) is 0 Å². The van der Waals surface area contributed by atoms with Crippen molar-refractivity contribution in [2.45, 2.75) is 20.5 Å². The van der Waals surface area contributed by atoms with Crippen LogP contribution in [0.2, 0.25) is 5.02 Å². The van der Waals surface area contributed by atoms with Crippen LogP contribution in [-0.4, -0.2) is 28.5 Å². The van der Waals surface area contributed by atoms with E-state index in [9.17, 15) is 14.4 Å². The lowest BCUT2D eigenvalue weighted by molar-refractivity contribution is -0.127. The molecule has 6 nitrogen and oxygen atoms in total. The molecular weight excluding hydrogens is 564 g/mol. The first-order chi connectivity index (χ1) is 17.2. The fourth-order valence-corrected chi connectivity index (χ4v) is 4.91. The molecule has 0 spiro atoms. The van der Waals surface area contributed by atoms with Crippen LogP contribution in [0, 0.1) is 13.8 Å². The van der Waals surface area contributed by atoms with Gasteiger partial charge >= 0.3 is 0 Å². The first-order valence-corrected chi connectivity index (χ1v) is 13.0. The third-order valence-electron chi connectivity index (χ3n) is 5.44. The SMILES string of the molecule is Cc1ccc(C)c(NC(=O)CN2C(=O)S/C(=C/c3cc(Br)ccc3OCc3ccccc3Cl)C2=O)c1. The Morgan fingerprint density at radius 1 is 1.11 bits per heavy atom. The minimum absolute atomic E-state index is 0.209. The third-order valence-corrected chi connectivity index (χ3v) is 7.21. The van der Waals surface area contributed by atoms with E-state index < -0.39 is 17.1 Å². The van der Waals surface area contributed by atoms with Gasteiger partial charge in [0.1, 0.15) is 18.9 Å². The standard InChI is InChI=1S/C27H22BrClN2O4S/c1-16-7-8-17(2)22(11-16)30-25(32)14-31-26(33)24(36-27(31)34)13-19-12-20(28)9-10-23(19)35-15-18-5-3-4-6-21(18)29/h3-13H,14-15H2,1-2H3,(H,30,32)/b24-13+. The number of ether oxygens (including phenoxy) is 1. The average Bonchev–Trinajstić information content (AvgIpc) is 3.09. The number of halogens is 2. The number of imide groups is 1. The molecule has 0 atom stereocenters. The molecular formula is C27H22BrClN2O4S. The number of rotatable bonds is 7. The minimum Gasteiger partial charge on any atom is -0.488 e. The fraction of sp³-hybridized carbons (Fsp3) is 0.148. The highest BCUT2D eigenvalue weighted by atomic mass is 79.9. The number of benzene rings is 3. The van der Waals surface area contributed by atoms with E-state index in [1.807, 2.05) is 56.3 Å². The van der Waals surface area contributed by atoms with Gasteiger partial charge in [-0.1, -0.05) is 57.9 Å².